The Labute approximate surface area is 251 Å². The van der Waals surface area contributed by atoms with Gasteiger partial charge in [0.15, 0.2) is 0 Å². The van der Waals surface area contributed by atoms with Crippen LogP contribution >= 0.6 is 0 Å². The van der Waals surface area contributed by atoms with Crippen molar-refractivity contribution in [3.8, 4) is 0 Å². The maximum Gasteiger partial charge on any atom is 0.326 e. The van der Waals surface area contributed by atoms with Crippen LogP contribution in [0.2, 0.25) is 0 Å². The van der Waals surface area contributed by atoms with Crippen molar-refractivity contribution in [3.05, 3.63) is 28.6 Å². The molecular weight excluding hydrogens is 532 g/mol. The third-order valence-electron chi connectivity index (χ3n) is 7.93. The van der Waals surface area contributed by atoms with E-state index in [1.807, 2.05) is 0 Å². The summed E-state index contributed by atoms with van der Waals surface area (Å²) in [6.45, 7) is 6.06. The number of nitrogens with one attached hydrogen (secondary N) is 3. The minimum Gasteiger partial charge on any atom is -0.480 e. The number of amides is 2. The van der Waals surface area contributed by atoms with Crippen molar-refractivity contribution >= 4 is 34.4 Å². The third-order valence-corrected chi connectivity index (χ3v) is 7.93. The number of H-pyrrole nitrogens is 2. The molecule has 1 aromatic carbocycles. The molecule has 0 aliphatic heterocycles. The van der Waals surface area contributed by atoms with E-state index < -0.39 is 17.9 Å². The summed E-state index contributed by atoms with van der Waals surface area (Å²) in [7, 11) is 0. The number of carbonyl (C=O) groups excluding carboxylic acids is 2. The molecule has 0 spiro atoms. The van der Waals surface area contributed by atoms with Gasteiger partial charge in [-0.05, 0) is 24.6 Å². The first kappa shape index (κ1) is 35.1. The molecule has 1 unspecified atom stereocenters. The van der Waals surface area contributed by atoms with Crippen LogP contribution in [0.1, 0.15) is 130 Å². The van der Waals surface area contributed by atoms with E-state index in [9.17, 15) is 24.3 Å². The second-order valence-corrected chi connectivity index (χ2v) is 11.9. The number of anilines is 1. The van der Waals surface area contributed by atoms with Crippen molar-refractivity contribution in [2.24, 2.45) is 5.92 Å². The van der Waals surface area contributed by atoms with E-state index in [-0.39, 0.29) is 23.8 Å². The largest absolute Gasteiger partial charge is 0.480 e. The number of carboxylic acid groups (broad SMARTS) is 1. The highest BCUT2D eigenvalue weighted by Crippen LogP contribution is 2.18. The Morgan fingerprint density at radius 3 is 1.83 bits per heavy atom. The van der Waals surface area contributed by atoms with Crippen LogP contribution in [0.5, 0.6) is 0 Å². The number of benzene rings is 1. The first-order valence-corrected chi connectivity index (χ1v) is 16.3. The van der Waals surface area contributed by atoms with Crippen molar-refractivity contribution in [2.75, 3.05) is 11.9 Å². The fourth-order valence-electron chi connectivity index (χ4n) is 5.41. The van der Waals surface area contributed by atoms with Gasteiger partial charge in [0, 0.05) is 18.2 Å². The second kappa shape index (κ2) is 19.9. The third kappa shape index (κ3) is 12.8. The molecule has 0 bridgehead atoms. The molecule has 9 nitrogen and oxygen atoms in total. The summed E-state index contributed by atoms with van der Waals surface area (Å²) in [4.78, 5) is 51.0. The van der Waals surface area contributed by atoms with Crippen LogP contribution in [0.3, 0.4) is 0 Å². The zero-order valence-corrected chi connectivity index (χ0v) is 26.1. The molecule has 236 valence electrons. The van der Waals surface area contributed by atoms with Gasteiger partial charge in [0.2, 0.25) is 11.8 Å². The maximum atomic E-state index is 13.0. The van der Waals surface area contributed by atoms with Crippen molar-refractivity contribution in [2.45, 2.75) is 136 Å². The van der Waals surface area contributed by atoms with Crippen LogP contribution in [0, 0.1) is 5.92 Å². The van der Waals surface area contributed by atoms with Crippen LogP contribution < -0.4 is 10.9 Å². The summed E-state index contributed by atoms with van der Waals surface area (Å²) in [5, 5.41) is 18.3. The average molecular weight is 587 g/mol. The standard InChI is InChI=1S/C33H54N4O5/c1-4-5-6-7-8-9-10-11-12-13-14-15-16-17-18-19-22-37(32(40)25(2)3)29(33(41)42)24-30(38)34-26-20-21-27-28(23-26)35-36-31(27)39/h20-21,23,25,29H,4-19,22,24H2,1-3H3,(H,34,38)(H,41,42)(H2,35,36,39). The van der Waals surface area contributed by atoms with Crippen LogP contribution in [0.15, 0.2) is 23.0 Å². The highest BCUT2D eigenvalue weighted by molar-refractivity contribution is 5.97. The van der Waals surface area contributed by atoms with Crippen LogP contribution in [-0.4, -0.2) is 50.6 Å². The number of rotatable bonds is 23. The van der Waals surface area contributed by atoms with E-state index >= 15 is 0 Å². The molecule has 2 aromatic rings. The van der Waals surface area contributed by atoms with Crippen molar-refractivity contribution in [1.82, 2.24) is 15.1 Å². The molecule has 0 aliphatic carbocycles. The topological polar surface area (TPSA) is 135 Å². The monoisotopic (exact) mass is 586 g/mol. The zero-order valence-electron chi connectivity index (χ0n) is 26.1. The Morgan fingerprint density at radius 1 is 0.810 bits per heavy atom. The van der Waals surface area contributed by atoms with Gasteiger partial charge < -0.3 is 15.3 Å². The molecule has 42 heavy (non-hydrogen) atoms. The van der Waals surface area contributed by atoms with E-state index in [0.29, 0.717) is 29.6 Å². The Morgan fingerprint density at radius 2 is 1.33 bits per heavy atom. The second-order valence-electron chi connectivity index (χ2n) is 11.9. The minimum atomic E-state index is -1.24. The van der Waals surface area contributed by atoms with Gasteiger partial charge in [0.1, 0.15) is 6.04 Å². The number of hydrogen-bond donors (Lipinski definition) is 4. The summed E-state index contributed by atoms with van der Waals surface area (Å²) in [6.07, 6.45) is 19.5. The average Bonchev–Trinajstić information content (AvgIpc) is 3.33. The fourth-order valence-corrected chi connectivity index (χ4v) is 5.41. The van der Waals surface area contributed by atoms with Gasteiger partial charge in [-0.15, -0.1) is 0 Å². The van der Waals surface area contributed by atoms with Gasteiger partial charge in [0.05, 0.1) is 17.3 Å². The molecule has 0 fully saturated rings. The van der Waals surface area contributed by atoms with Crippen molar-refractivity contribution < 1.29 is 19.5 Å². The zero-order chi connectivity index (χ0) is 30.7. The molecule has 1 aromatic heterocycles. The number of nitrogens with zero attached hydrogens (tertiary/aromatic N) is 1. The van der Waals surface area contributed by atoms with Gasteiger partial charge >= 0.3 is 5.97 Å². The van der Waals surface area contributed by atoms with Crippen molar-refractivity contribution in [3.63, 3.8) is 0 Å². The summed E-state index contributed by atoms with van der Waals surface area (Å²) >= 11 is 0. The summed E-state index contributed by atoms with van der Waals surface area (Å²) in [5.41, 5.74) is 0.713. The van der Waals surface area contributed by atoms with Gasteiger partial charge in [-0.1, -0.05) is 117 Å². The lowest BCUT2D eigenvalue weighted by Crippen LogP contribution is -2.48. The highest BCUT2D eigenvalue weighted by Gasteiger charge is 2.32. The van der Waals surface area contributed by atoms with Crippen LogP contribution in [0.25, 0.3) is 10.9 Å². The quantitative estimate of drug-likeness (QED) is 0.101. The Balaban J connectivity index is 1.71. The first-order valence-electron chi connectivity index (χ1n) is 16.3. The normalized spacial score (nSPS) is 12.1. The van der Waals surface area contributed by atoms with Crippen molar-refractivity contribution in [1.29, 1.82) is 0 Å². The number of carbonyl (C=O) groups is 3. The van der Waals surface area contributed by atoms with Gasteiger partial charge in [-0.3, -0.25) is 24.6 Å². The molecule has 4 N–H and O–H groups in total. The van der Waals surface area contributed by atoms with Gasteiger partial charge in [0.25, 0.3) is 5.56 Å². The first-order chi connectivity index (χ1) is 20.2. The van der Waals surface area contributed by atoms with E-state index in [4.69, 9.17) is 0 Å². The summed E-state index contributed by atoms with van der Waals surface area (Å²) in [5.74, 6) is -2.33. The molecular formula is C33H54N4O5. The Hall–Kier alpha value is -3.10. The number of aromatic nitrogens is 2. The highest BCUT2D eigenvalue weighted by atomic mass is 16.4. The molecule has 9 heteroatoms. The number of fused-ring (bicyclic) bond motifs is 1. The molecule has 0 saturated heterocycles. The Bertz CT molecular complexity index is 1140. The molecule has 1 heterocycles. The number of aromatic amines is 2. The number of aliphatic carboxylic acids is 1. The molecule has 0 radical (unpaired) electrons. The molecule has 2 rings (SSSR count). The maximum absolute atomic E-state index is 13.0. The summed E-state index contributed by atoms with van der Waals surface area (Å²) < 4.78 is 0. The van der Waals surface area contributed by atoms with Crippen LogP contribution in [0.4, 0.5) is 5.69 Å². The SMILES string of the molecule is CCCCCCCCCCCCCCCCCCN(C(=O)C(C)C)C(CC(=O)Nc1ccc2c(=O)[nH][nH]c2c1)C(=O)O. The Kier molecular flexibility index (Phi) is 16.6. The summed E-state index contributed by atoms with van der Waals surface area (Å²) in [6, 6.07) is 3.54. The molecule has 0 saturated carbocycles. The van der Waals surface area contributed by atoms with E-state index in [2.05, 4.69) is 22.4 Å². The predicted octanol–water partition coefficient (Wildman–Crippen LogP) is 7.38. The lowest BCUT2D eigenvalue weighted by atomic mass is 10.0. The van der Waals surface area contributed by atoms with E-state index in [1.165, 1.54) is 81.9 Å². The fraction of sp³-hybridized carbons (Fsp3) is 0.697. The van der Waals surface area contributed by atoms with Gasteiger partial charge in [-0.2, -0.15) is 0 Å². The van der Waals surface area contributed by atoms with E-state index in [0.717, 1.165) is 19.3 Å². The predicted molar refractivity (Wildman–Crippen MR) is 170 cm³/mol. The number of carboxylic acids is 1. The molecule has 0 aliphatic rings. The van der Waals surface area contributed by atoms with E-state index in [1.54, 1.807) is 32.0 Å². The lowest BCUT2D eigenvalue weighted by Gasteiger charge is -2.30. The van der Waals surface area contributed by atoms with Gasteiger partial charge in [-0.25, -0.2) is 4.79 Å². The number of unbranched alkanes of at least 4 members (excludes halogenated alkanes) is 15. The van der Waals surface area contributed by atoms with Crippen LogP contribution in [-0.2, 0) is 14.4 Å². The number of hydrogen-bond acceptors (Lipinski definition) is 4. The lowest BCUT2D eigenvalue weighted by molar-refractivity contribution is -0.153. The molecule has 2 amide bonds. The minimum absolute atomic E-state index is 0.259. The molecule has 1 atom stereocenters. The smallest absolute Gasteiger partial charge is 0.326 e.